The van der Waals surface area contributed by atoms with Gasteiger partial charge in [-0.2, -0.15) is 0 Å². The Morgan fingerprint density at radius 1 is 1.46 bits per heavy atom. The monoisotopic (exact) mass is 179 g/mol. The predicted molar refractivity (Wildman–Crippen MR) is 53.6 cm³/mol. The van der Waals surface area contributed by atoms with Gasteiger partial charge in [-0.15, -0.1) is 0 Å². The third-order valence-corrected chi connectivity index (χ3v) is 2.68. The molecule has 0 bridgehead atoms. The van der Waals surface area contributed by atoms with E-state index in [0.29, 0.717) is 0 Å². The molecule has 0 saturated carbocycles. The number of nitrogens with zero attached hydrogens (tertiary/aromatic N) is 2. The fraction of sp³-hybridized carbons (Fsp3) is 0.700. The number of nitrogens with two attached hydrogens (primary N) is 1. The quantitative estimate of drug-likeness (QED) is 0.751. The van der Waals surface area contributed by atoms with E-state index in [1.165, 1.54) is 18.7 Å². The molecular formula is C10H17N3. The van der Waals surface area contributed by atoms with E-state index in [1.807, 2.05) is 0 Å². The molecule has 0 aromatic carbocycles. The van der Waals surface area contributed by atoms with Gasteiger partial charge in [0.25, 0.3) is 0 Å². The molecule has 2 heterocycles. The van der Waals surface area contributed by atoms with Crippen molar-refractivity contribution < 1.29 is 0 Å². The van der Waals surface area contributed by atoms with Crippen LogP contribution in [0, 0.1) is 0 Å². The third kappa shape index (κ3) is 1.43. The summed E-state index contributed by atoms with van der Waals surface area (Å²) in [4.78, 5) is 4.58. The molecule has 2 N–H and O–H groups in total. The second-order valence-electron chi connectivity index (χ2n) is 3.72. The Balaban J connectivity index is 2.33. The van der Waals surface area contributed by atoms with E-state index in [4.69, 9.17) is 5.73 Å². The zero-order valence-electron chi connectivity index (χ0n) is 8.21. The molecule has 3 heteroatoms. The summed E-state index contributed by atoms with van der Waals surface area (Å²) in [6.07, 6.45) is 5.77. The summed E-state index contributed by atoms with van der Waals surface area (Å²) < 4.78 is 2.19. The molecule has 1 aromatic rings. The van der Waals surface area contributed by atoms with E-state index in [0.717, 1.165) is 37.3 Å². The average molecular weight is 179 g/mol. The number of nitrogen functional groups attached to an aromatic ring is 1. The molecule has 0 aliphatic carbocycles. The normalized spacial score (nSPS) is 15.8. The zero-order chi connectivity index (χ0) is 9.26. The van der Waals surface area contributed by atoms with E-state index < -0.39 is 0 Å². The zero-order valence-corrected chi connectivity index (χ0v) is 8.21. The second kappa shape index (κ2) is 3.40. The van der Waals surface area contributed by atoms with Crippen LogP contribution in [0.3, 0.4) is 0 Å². The Morgan fingerprint density at radius 3 is 3.00 bits per heavy atom. The number of hydrogen-bond acceptors (Lipinski definition) is 2. The highest BCUT2D eigenvalue weighted by Crippen LogP contribution is 2.22. The Morgan fingerprint density at radius 2 is 2.31 bits per heavy atom. The maximum absolute atomic E-state index is 6.01. The summed E-state index contributed by atoms with van der Waals surface area (Å²) in [5.74, 6) is 2.11. The molecule has 72 valence electrons. The van der Waals surface area contributed by atoms with Crippen LogP contribution in [0.25, 0.3) is 0 Å². The maximum atomic E-state index is 6.01. The van der Waals surface area contributed by atoms with Crippen molar-refractivity contribution in [1.82, 2.24) is 9.55 Å². The number of aromatic nitrogens is 2. The summed E-state index contributed by atoms with van der Waals surface area (Å²) in [7, 11) is 0. The lowest BCUT2D eigenvalue weighted by Crippen LogP contribution is -2.12. The minimum absolute atomic E-state index is 0.913. The minimum atomic E-state index is 0.913. The van der Waals surface area contributed by atoms with Gasteiger partial charge in [-0.1, -0.05) is 13.3 Å². The summed E-state index contributed by atoms with van der Waals surface area (Å²) in [6, 6.07) is 0. The first-order valence-electron chi connectivity index (χ1n) is 5.16. The van der Waals surface area contributed by atoms with Gasteiger partial charge in [0.1, 0.15) is 11.6 Å². The Bertz CT molecular complexity index is 301. The standard InChI is InChI=1S/C10H17N3/c1-2-5-8-10(11)13-7-4-3-6-9(13)12-8/h2-7,11H2,1H3. The van der Waals surface area contributed by atoms with Crippen molar-refractivity contribution in [2.24, 2.45) is 0 Å². The third-order valence-electron chi connectivity index (χ3n) is 2.68. The van der Waals surface area contributed by atoms with E-state index in [-0.39, 0.29) is 0 Å². The maximum Gasteiger partial charge on any atom is 0.126 e. The van der Waals surface area contributed by atoms with Gasteiger partial charge < -0.3 is 10.3 Å². The first kappa shape index (κ1) is 8.60. The smallest absolute Gasteiger partial charge is 0.126 e. The van der Waals surface area contributed by atoms with Gasteiger partial charge in [-0.05, 0) is 19.3 Å². The molecule has 0 fully saturated rings. The van der Waals surface area contributed by atoms with Gasteiger partial charge in [0.2, 0.25) is 0 Å². The highest BCUT2D eigenvalue weighted by Gasteiger charge is 2.16. The van der Waals surface area contributed by atoms with Crippen molar-refractivity contribution >= 4 is 5.82 Å². The van der Waals surface area contributed by atoms with Crippen molar-refractivity contribution in [2.75, 3.05) is 5.73 Å². The molecule has 1 aliphatic heterocycles. The van der Waals surface area contributed by atoms with Crippen molar-refractivity contribution in [1.29, 1.82) is 0 Å². The van der Waals surface area contributed by atoms with Crippen molar-refractivity contribution in [3.05, 3.63) is 11.5 Å². The van der Waals surface area contributed by atoms with Crippen LogP contribution < -0.4 is 5.73 Å². The molecule has 1 aromatic heterocycles. The molecule has 0 saturated heterocycles. The molecule has 2 rings (SSSR count). The van der Waals surface area contributed by atoms with Crippen molar-refractivity contribution in [3.63, 3.8) is 0 Å². The fourth-order valence-electron chi connectivity index (χ4n) is 1.98. The summed E-state index contributed by atoms with van der Waals surface area (Å²) in [6.45, 7) is 3.23. The lowest BCUT2D eigenvalue weighted by Gasteiger charge is -2.14. The molecule has 1 aliphatic rings. The van der Waals surface area contributed by atoms with Crippen LogP contribution in [0.1, 0.15) is 37.7 Å². The largest absolute Gasteiger partial charge is 0.384 e. The van der Waals surface area contributed by atoms with E-state index in [2.05, 4.69) is 16.5 Å². The average Bonchev–Trinajstić information content (AvgIpc) is 2.46. The van der Waals surface area contributed by atoms with E-state index >= 15 is 0 Å². The molecule has 13 heavy (non-hydrogen) atoms. The van der Waals surface area contributed by atoms with Crippen molar-refractivity contribution in [3.8, 4) is 0 Å². The fourth-order valence-corrected chi connectivity index (χ4v) is 1.98. The van der Waals surface area contributed by atoms with Gasteiger partial charge in [0.15, 0.2) is 0 Å². The molecule has 0 unspecified atom stereocenters. The Labute approximate surface area is 79.0 Å². The SMILES string of the molecule is CCCc1nc2n(c1N)CCCC2. The van der Waals surface area contributed by atoms with Gasteiger partial charge in [-0.3, -0.25) is 0 Å². The number of imidazole rings is 1. The van der Waals surface area contributed by atoms with Crippen LogP contribution in [0.15, 0.2) is 0 Å². The number of anilines is 1. The van der Waals surface area contributed by atoms with Gasteiger partial charge in [0.05, 0.1) is 5.69 Å². The minimum Gasteiger partial charge on any atom is -0.384 e. The van der Waals surface area contributed by atoms with Crippen LogP contribution in [-0.2, 0) is 19.4 Å². The van der Waals surface area contributed by atoms with Gasteiger partial charge >= 0.3 is 0 Å². The number of fused-ring (bicyclic) bond motifs is 1. The first-order valence-corrected chi connectivity index (χ1v) is 5.16. The lowest BCUT2D eigenvalue weighted by atomic mass is 10.2. The van der Waals surface area contributed by atoms with Gasteiger partial charge in [0, 0.05) is 13.0 Å². The molecule has 0 spiro atoms. The summed E-state index contributed by atoms with van der Waals surface area (Å²) in [5, 5.41) is 0. The first-order chi connectivity index (χ1) is 6.33. The van der Waals surface area contributed by atoms with Crippen LogP contribution in [0.2, 0.25) is 0 Å². The van der Waals surface area contributed by atoms with Gasteiger partial charge in [-0.25, -0.2) is 4.98 Å². The topological polar surface area (TPSA) is 43.8 Å². The second-order valence-corrected chi connectivity index (χ2v) is 3.72. The molecule has 3 nitrogen and oxygen atoms in total. The number of aryl methyl sites for hydroxylation is 2. The number of hydrogen-bond donors (Lipinski definition) is 1. The summed E-state index contributed by atoms with van der Waals surface area (Å²) >= 11 is 0. The van der Waals surface area contributed by atoms with Crippen LogP contribution in [0.4, 0.5) is 5.82 Å². The van der Waals surface area contributed by atoms with Crippen LogP contribution >= 0.6 is 0 Å². The van der Waals surface area contributed by atoms with E-state index in [1.54, 1.807) is 0 Å². The van der Waals surface area contributed by atoms with Crippen LogP contribution in [-0.4, -0.2) is 9.55 Å². The molecule has 0 amide bonds. The Kier molecular flexibility index (Phi) is 2.25. The molecule has 0 atom stereocenters. The highest BCUT2D eigenvalue weighted by atomic mass is 15.1. The summed E-state index contributed by atoms with van der Waals surface area (Å²) in [5.41, 5.74) is 7.12. The molecular weight excluding hydrogens is 162 g/mol. The lowest BCUT2D eigenvalue weighted by molar-refractivity contribution is 0.527. The predicted octanol–water partition coefficient (Wildman–Crippen LogP) is 1.75. The van der Waals surface area contributed by atoms with E-state index in [9.17, 15) is 0 Å². The van der Waals surface area contributed by atoms with Crippen molar-refractivity contribution in [2.45, 2.75) is 45.6 Å². The number of rotatable bonds is 2. The molecule has 0 radical (unpaired) electrons. The highest BCUT2D eigenvalue weighted by molar-refractivity contribution is 5.38. The Hall–Kier alpha value is -0.990. The van der Waals surface area contributed by atoms with Crippen LogP contribution in [0.5, 0.6) is 0 Å².